The molecule has 0 aromatic carbocycles. The van der Waals surface area contributed by atoms with Crippen LogP contribution in [0.15, 0.2) is 4.52 Å². The summed E-state index contributed by atoms with van der Waals surface area (Å²) in [6.45, 7) is 7.01. The summed E-state index contributed by atoms with van der Waals surface area (Å²) in [6, 6.07) is 0.115. The van der Waals surface area contributed by atoms with E-state index in [1.165, 1.54) is 0 Å². The monoisotopic (exact) mass is 278 g/mol. The molecule has 0 radical (unpaired) electrons. The Hall–Kier alpha value is -1.43. The number of amides is 1. The van der Waals surface area contributed by atoms with Crippen LogP contribution in [0.1, 0.15) is 62.1 Å². The summed E-state index contributed by atoms with van der Waals surface area (Å²) in [5.74, 6) is 0.644. The Morgan fingerprint density at radius 3 is 2.80 bits per heavy atom. The van der Waals surface area contributed by atoms with Gasteiger partial charge in [-0.1, -0.05) is 19.0 Å². The van der Waals surface area contributed by atoms with Gasteiger partial charge < -0.3 is 14.7 Å². The van der Waals surface area contributed by atoms with Crippen LogP contribution in [-0.2, 0) is 0 Å². The predicted octanol–water partition coefficient (Wildman–Crippen LogP) is 1.76. The minimum absolute atomic E-state index is 0.103. The average Bonchev–Trinajstić information content (AvgIpc) is 3.09. The van der Waals surface area contributed by atoms with E-state index in [0.717, 1.165) is 45.3 Å². The zero-order valence-corrected chi connectivity index (χ0v) is 12.2. The number of rotatable bonds is 2. The van der Waals surface area contributed by atoms with Crippen LogP contribution < -0.4 is 5.32 Å². The molecule has 0 spiro atoms. The highest BCUT2D eigenvalue weighted by Crippen LogP contribution is 2.30. The van der Waals surface area contributed by atoms with Crippen molar-refractivity contribution in [3.8, 4) is 0 Å². The Balaban J connectivity index is 1.65. The van der Waals surface area contributed by atoms with Gasteiger partial charge in [0.25, 0.3) is 11.7 Å². The highest BCUT2D eigenvalue weighted by molar-refractivity contribution is 5.90. The Morgan fingerprint density at radius 1 is 1.40 bits per heavy atom. The SMILES string of the molecule is CC1(C)CCN(C(=O)c2noc(C3CCCN3)n2)CC1. The first-order valence-corrected chi connectivity index (χ1v) is 7.41. The Kier molecular flexibility index (Phi) is 3.50. The molecule has 0 saturated carbocycles. The summed E-state index contributed by atoms with van der Waals surface area (Å²) in [6.07, 6.45) is 4.15. The van der Waals surface area contributed by atoms with Crippen molar-refractivity contribution < 1.29 is 9.32 Å². The first-order chi connectivity index (χ1) is 9.55. The van der Waals surface area contributed by atoms with Crippen LogP contribution in [0.4, 0.5) is 0 Å². The van der Waals surface area contributed by atoms with Gasteiger partial charge in [-0.2, -0.15) is 4.98 Å². The average molecular weight is 278 g/mol. The van der Waals surface area contributed by atoms with E-state index in [-0.39, 0.29) is 17.8 Å². The van der Waals surface area contributed by atoms with Crippen LogP contribution in [0.25, 0.3) is 0 Å². The lowest BCUT2D eigenvalue weighted by molar-refractivity contribution is 0.0615. The lowest BCUT2D eigenvalue weighted by atomic mass is 9.83. The molecule has 1 amide bonds. The lowest BCUT2D eigenvalue weighted by Gasteiger charge is -2.36. The van der Waals surface area contributed by atoms with Gasteiger partial charge in [-0.25, -0.2) is 0 Å². The van der Waals surface area contributed by atoms with Crippen LogP contribution in [0, 0.1) is 5.41 Å². The molecule has 1 N–H and O–H groups in total. The highest BCUT2D eigenvalue weighted by Gasteiger charge is 2.31. The number of nitrogens with zero attached hydrogens (tertiary/aromatic N) is 3. The number of carbonyl (C=O) groups is 1. The fraction of sp³-hybridized carbons (Fsp3) is 0.786. The second-order valence-corrected chi connectivity index (χ2v) is 6.56. The maximum absolute atomic E-state index is 12.4. The second kappa shape index (κ2) is 5.16. The molecule has 3 heterocycles. The molecule has 0 aliphatic carbocycles. The van der Waals surface area contributed by atoms with Crippen molar-refractivity contribution in [2.24, 2.45) is 5.41 Å². The van der Waals surface area contributed by atoms with Crippen LogP contribution in [-0.4, -0.2) is 40.6 Å². The molecule has 2 aliphatic rings. The number of hydrogen-bond acceptors (Lipinski definition) is 5. The van der Waals surface area contributed by atoms with E-state index in [9.17, 15) is 4.79 Å². The van der Waals surface area contributed by atoms with E-state index in [1.54, 1.807) is 0 Å². The number of nitrogens with one attached hydrogen (secondary N) is 1. The van der Waals surface area contributed by atoms with Crippen LogP contribution in [0.5, 0.6) is 0 Å². The molecule has 6 heteroatoms. The number of likely N-dealkylation sites (tertiary alicyclic amines) is 1. The Labute approximate surface area is 118 Å². The molecular weight excluding hydrogens is 256 g/mol. The minimum Gasteiger partial charge on any atom is -0.337 e. The quantitative estimate of drug-likeness (QED) is 0.892. The predicted molar refractivity (Wildman–Crippen MR) is 73.2 cm³/mol. The van der Waals surface area contributed by atoms with Crippen molar-refractivity contribution in [1.29, 1.82) is 0 Å². The molecule has 2 saturated heterocycles. The normalized spacial score (nSPS) is 25.9. The summed E-state index contributed by atoms with van der Waals surface area (Å²) in [4.78, 5) is 18.5. The van der Waals surface area contributed by atoms with Crippen LogP contribution >= 0.6 is 0 Å². The van der Waals surface area contributed by atoms with Gasteiger partial charge in [0.2, 0.25) is 5.89 Å². The topological polar surface area (TPSA) is 71.3 Å². The van der Waals surface area contributed by atoms with Crippen LogP contribution in [0.2, 0.25) is 0 Å². The third kappa shape index (κ3) is 2.70. The number of piperidine rings is 1. The number of carbonyl (C=O) groups excluding carboxylic acids is 1. The van der Waals surface area contributed by atoms with E-state index in [1.807, 2.05) is 4.90 Å². The van der Waals surface area contributed by atoms with Gasteiger partial charge in [0.05, 0.1) is 6.04 Å². The molecular formula is C14H22N4O2. The van der Waals surface area contributed by atoms with Crippen molar-refractivity contribution in [3.63, 3.8) is 0 Å². The molecule has 1 atom stereocenters. The van der Waals surface area contributed by atoms with E-state index in [0.29, 0.717) is 11.3 Å². The first-order valence-electron chi connectivity index (χ1n) is 7.41. The maximum Gasteiger partial charge on any atom is 0.295 e. The summed E-state index contributed by atoms with van der Waals surface area (Å²) < 4.78 is 5.23. The van der Waals surface area contributed by atoms with Gasteiger partial charge >= 0.3 is 0 Å². The van der Waals surface area contributed by atoms with Crippen molar-refractivity contribution in [1.82, 2.24) is 20.4 Å². The van der Waals surface area contributed by atoms with Crippen molar-refractivity contribution >= 4 is 5.91 Å². The van der Waals surface area contributed by atoms with Gasteiger partial charge in [0.1, 0.15) is 0 Å². The summed E-state index contributed by atoms with van der Waals surface area (Å²) in [5, 5.41) is 7.15. The molecule has 20 heavy (non-hydrogen) atoms. The summed E-state index contributed by atoms with van der Waals surface area (Å²) in [5.41, 5.74) is 0.326. The van der Waals surface area contributed by atoms with Gasteiger partial charge in [0, 0.05) is 13.1 Å². The zero-order valence-electron chi connectivity index (χ0n) is 12.2. The van der Waals surface area contributed by atoms with Gasteiger partial charge in [-0.15, -0.1) is 0 Å². The third-order valence-corrected chi connectivity index (χ3v) is 4.40. The molecule has 1 unspecified atom stereocenters. The lowest BCUT2D eigenvalue weighted by Crippen LogP contribution is -2.41. The first kappa shape index (κ1) is 13.5. The highest BCUT2D eigenvalue weighted by atomic mass is 16.5. The maximum atomic E-state index is 12.4. The zero-order chi connectivity index (χ0) is 14.2. The van der Waals surface area contributed by atoms with E-state index >= 15 is 0 Å². The third-order valence-electron chi connectivity index (χ3n) is 4.40. The molecule has 0 bridgehead atoms. The Morgan fingerprint density at radius 2 is 2.15 bits per heavy atom. The minimum atomic E-state index is -0.103. The van der Waals surface area contributed by atoms with Gasteiger partial charge in [-0.3, -0.25) is 4.79 Å². The van der Waals surface area contributed by atoms with E-state index < -0.39 is 0 Å². The fourth-order valence-electron chi connectivity index (χ4n) is 2.82. The van der Waals surface area contributed by atoms with Crippen molar-refractivity contribution in [2.45, 2.75) is 45.6 Å². The molecule has 1 aromatic rings. The smallest absolute Gasteiger partial charge is 0.295 e. The van der Waals surface area contributed by atoms with Gasteiger partial charge in [-0.05, 0) is 37.6 Å². The molecule has 110 valence electrons. The van der Waals surface area contributed by atoms with E-state index in [4.69, 9.17) is 4.52 Å². The van der Waals surface area contributed by atoms with Crippen molar-refractivity contribution in [3.05, 3.63) is 11.7 Å². The number of aromatic nitrogens is 2. The largest absolute Gasteiger partial charge is 0.337 e. The molecule has 6 nitrogen and oxygen atoms in total. The fourth-order valence-corrected chi connectivity index (χ4v) is 2.82. The number of hydrogen-bond donors (Lipinski definition) is 1. The molecule has 1 aromatic heterocycles. The van der Waals surface area contributed by atoms with E-state index in [2.05, 4.69) is 29.3 Å². The standard InChI is InChI=1S/C14H22N4O2/c1-14(2)5-8-18(9-6-14)13(19)11-16-12(20-17-11)10-4-3-7-15-10/h10,15H,3-9H2,1-2H3. The Bertz CT molecular complexity index is 481. The second-order valence-electron chi connectivity index (χ2n) is 6.56. The summed E-state index contributed by atoms with van der Waals surface area (Å²) >= 11 is 0. The van der Waals surface area contributed by atoms with Gasteiger partial charge in [0.15, 0.2) is 0 Å². The molecule has 2 aliphatic heterocycles. The molecule has 3 rings (SSSR count). The molecule has 2 fully saturated rings. The van der Waals surface area contributed by atoms with Crippen molar-refractivity contribution in [2.75, 3.05) is 19.6 Å². The summed E-state index contributed by atoms with van der Waals surface area (Å²) in [7, 11) is 0. The van der Waals surface area contributed by atoms with Crippen LogP contribution in [0.3, 0.4) is 0 Å².